The number of aryl methyl sites for hydroxylation is 2. The third kappa shape index (κ3) is 1.72. The zero-order chi connectivity index (χ0) is 11.8. The van der Waals surface area contributed by atoms with Gasteiger partial charge in [-0.1, -0.05) is 17.7 Å². The minimum Gasteiger partial charge on any atom is -0.361 e. The van der Waals surface area contributed by atoms with Gasteiger partial charge < -0.3 is 4.98 Å². The number of nitrogens with zero attached hydrogens (tertiary/aromatic N) is 1. The molecule has 3 aromatic rings. The monoisotopic (exact) mass is 222 g/mol. The van der Waals surface area contributed by atoms with Gasteiger partial charge in [-0.2, -0.15) is 0 Å². The van der Waals surface area contributed by atoms with Crippen molar-refractivity contribution in [1.82, 2.24) is 9.97 Å². The quantitative estimate of drug-likeness (QED) is 0.665. The van der Waals surface area contributed by atoms with Crippen molar-refractivity contribution in [2.45, 2.75) is 13.8 Å². The average Bonchev–Trinajstić information content (AvgIpc) is 2.73. The van der Waals surface area contributed by atoms with Crippen LogP contribution in [0.4, 0.5) is 0 Å². The van der Waals surface area contributed by atoms with Gasteiger partial charge in [-0.25, -0.2) is 0 Å². The number of H-pyrrole nitrogens is 1. The molecule has 0 spiro atoms. The molecule has 2 nitrogen and oxygen atoms in total. The first-order valence-electron chi connectivity index (χ1n) is 5.75. The molecule has 2 aromatic heterocycles. The van der Waals surface area contributed by atoms with E-state index >= 15 is 0 Å². The number of aromatic amines is 1. The molecule has 0 radical (unpaired) electrons. The lowest BCUT2D eigenvalue weighted by Crippen LogP contribution is -1.81. The van der Waals surface area contributed by atoms with E-state index in [9.17, 15) is 0 Å². The van der Waals surface area contributed by atoms with Crippen molar-refractivity contribution in [2.24, 2.45) is 0 Å². The van der Waals surface area contributed by atoms with Gasteiger partial charge in [0.15, 0.2) is 0 Å². The molecule has 2 heterocycles. The Balaban J connectivity index is 2.23. The highest BCUT2D eigenvalue weighted by Crippen LogP contribution is 2.28. The fraction of sp³-hybridized carbons (Fsp3) is 0.133. The van der Waals surface area contributed by atoms with E-state index in [1.807, 2.05) is 19.2 Å². The molecule has 0 atom stereocenters. The Hall–Kier alpha value is -2.09. The molecule has 0 saturated carbocycles. The summed E-state index contributed by atoms with van der Waals surface area (Å²) >= 11 is 0. The number of aromatic nitrogens is 2. The molecule has 84 valence electrons. The Morgan fingerprint density at radius 1 is 1.06 bits per heavy atom. The van der Waals surface area contributed by atoms with Crippen molar-refractivity contribution >= 4 is 10.9 Å². The number of pyridine rings is 1. The lowest BCUT2D eigenvalue weighted by molar-refractivity contribution is 1.20. The van der Waals surface area contributed by atoms with E-state index in [1.165, 1.54) is 22.0 Å². The summed E-state index contributed by atoms with van der Waals surface area (Å²) in [7, 11) is 0. The number of hydrogen-bond donors (Lipinski definition) is 1. The molecule has 3 rings (SSSR count). The summed E-state index contributed by atoms with van der Waals surface area (Å²) in [6.45, 7) is 4.12. The van der Waals surface area contributed by atoms with Crippen LogP contribution in [-0.2, 0) is 0 Å². The minimum atomic E-state index is 1.05. The van der Waals surface area contributed by atoms with Crippen molar-refractivity contribution in [3.05, 3.63) is 54.0 Å². The second-order valence-corrected chi connectivity index (χ2v) is 4.44. The van der Waals surface area contributed by atoms with E-state index in [4.69, 9.17) is 0 Å². The lowest BCUT2D eigenvalue weighted by atomic mass is 10.0. The second kappa shape index (κ2) is 3.74. The number of nitrogens with one attached hydrogen (secondary N) is 1. The van der Waals surface area contributed by atoms with E-state index in [-0.39, 0.29) is 0 Å². The van der Waals surface area contributed by atoms with Gasteiger partial charge in [-0.15, -0.1) is 0 Å². The van der Waals surface area contributed by atoms with E-state index < -0.39 is 0 Å². The average molecular weight is 222 g/mol. The van der Waals surface area contributed by atoms with E-state index in [0.29, 0.717) is 0 Å². The van der Waals surface area contributed by atoms with Gasteiger partial charge in [-0.3, -0.25) is 4.98 Å². The fourth-order valence-electron chi connectivity index (χ4n) is 2.10. The van der Waals surface area contributed by atoms with Crippen molar-refractivity contribution < 1.29 is 0 Å². The Labute approximate surface area is 100 Å². The van der Waals surface area contributed by atoms with Crippen molar-refractivity contribution in [3.63, 3.8) is 0 Å². The second-order valence-electron chi connectivity index (χ2n) is 4.44. The molecule has 0 aliphatic carbocycles. The van der Waals surface area contributed by atoms with Crippen LogP contribution in [0.15, 0.2) is 42.7 Å². The van der Waals surface area contributed by atoms with Crippen molar-refractivity contribution in [1.29, 1.82) is 0 Å². The predicted molar refractivity (Wildman–Crippen MR) is 71.0 cm³/mol. The molecule has 2 heteroatoms. The van der Waals surface area contributed by atoms with Crippen LogP contribution in [0.2, 0.25) is 0 Å². The smallest absolute Gasteiger partial charge is 0.0460 e. The lowest BCUT2D eigenvalue weighted by Gasteiger charge is -2.00. The van der Waals surface area contributed by atoms with Crippen molar-refractivity contribution in [3.8, 4) is 11.1 Å². The summed E-state index contributed by atoms with van der Waals surface area (Å²) in [5, 5.41) is 1.26. The minimum absolute atomic E-state index is 1.05. The molecule has 0 fully saturated rings. The summed E-state index contributed by atoms with van der Waals surface area (Å²) < 4.78 is 0. The molecule has 0 unspecified atom stereocenters. The molecular weight excluding hydrogens is 208 g/mol. The highest BCUT2D eigenvalue weighted by molar-refractivity contribution is 5.95. The first kappa shape index (κ1) is 10.1. The van der Waals surface area contributed by atoms with Crippen LogP contribution in [0, 0.1) is 13.8 Å². The van der Waals surface area contributed by atoms with E-state index in [1.54, 1.807) is 0 Å². The molecule has 0 aliphatic heterocycles. The molecule has 0 amide bonds. The van der Waals surface area contributed by atoms with Gasteiger partial charge in [0.1, 0.15) is 0 Å². The van der Waals surface area contributed by atoms with Crippen LogP contribution < -0.4 is 0 Å². The molecule has 17 heavy (non-hydrogen) atoms. The van der Waals surface area contributed by atoms with Gasteiger partial charge in [0, 0.05) is 40.1 Å². The molecule has 0 saturated heterocycles. The van der Waals surface area contributed by atoms with Crippen LogP contribution in [0.1, 0.15) is 11.3 Å². The van der Waals surface area contributed by atoms with Gasteiger partial charge >= 0.3 is 0 Å². The third-order valence-corrected chi connectivity index (χ3v) is 3.06. The Bertz CT molecular complexity index is 663. The zero-order valence-electron chi connectivity index (χ0n) is 9.99. The fourth-order valence-corrected chi connectivity index (χ4v) is 2.10. The van der Waals surface area contributed by atoms with Crippen LogP contribution in [0.25, 0.3) is 22.0 Å². The number of rotatable bonds is 1. The van der Waals surface area contributed by atoms with Crippen LogP contribution in [0.5, 0.6) is 0 Å². The topological polar surface area (TPSA) is 28.7 Å². The number of hydrogen-bond acceptors (Lipinski definition) is 1. The normalized spacial score (nSPS) is 10.9. The highest BCUT2D eigenvalue weighted by Gasteiger charge is 2.06. The highest BCUT2D eigenvalue weighted by atomic mass is 14.7. The third-order valence-electron chi connectivity index (χ3n) is 3.06. The van der Waals surface area contributed by atoms with Gasteiger partial charge in [0.05, 0.1) is 0 Å². The molecule has 0 bridgehead atoms. The number of benzene rings is 1. The summed E-state index contributed by atoms with van der Waals surface area (Å²) in [5.41, 5.74) is 5.87. The summed E-state index contributed by atoms with van der Waals surface area (Å²) in [6, 6.07) is 10.6. The Morgan fingerprint density at radius 3 is 2.71 bits per heavy atom. The van der Waals surface area contributed by atoms with Crippen molar-refractivity contribution in [2.75, 3.05) is 0 Å². The van der Waals surface area contributed by atoms with Crippen LogP contribution >= 0.6 is 0 Å². The maximum absolute atomic E-state index is 4.35. The predicted octanol–water partition coefficient (Wildman–Crippen LogP) is 3.85. The molecule has 1 N–H and O–H groups in total. The zero-order valence-corrected chi connectivity index (χ0v) is 9.99. The van der Waals surface area contributed by atoms with Gasteiger partial charge in [0.25, 0.3) is 0 Å². The maximum atomic E-state index is 4.35. The van der Waals surface area contributed by atoms with Crippen LogP contribution in [0.3, 0.4) is 0 Å². The SMILES string of the molecule is Cc1ccc2[nH]cc(-c3ccc(C)nc3)c2c1. The summed E-state index contributed by atoms with van der Waals surface area (Å²) in [4.78, 5) is 7.65. The maximum Gasteiger partial charge on any atom is 0.0460 e. The first-order chi connectivity index (χ1) is 8.24. The Morgan fingerprint density at radius 2 is 1.94 bits per heavy atom. The molecular formula is C15H14N2. The van der Waals surface area contributed by atoms with Gasteiger partial charge in [0.2, 0.25) is 0 Å². The summed E-state index contributed by atoms with van der Waals surface area (Å²) in [5.74, 6) is 0. The first-order valence-corrected chi connectivity index (χ1v) is 5.75. The number of fused-ring (bicyclic) bond motifs is 1. The van der Waals surface area contributed by atoms with Crippen LogP contribution in [-0.4, -0.2) is 9.97 Å². The molecule has 0 aliphatic rings. The summed E-state index contributed by atoms with van der Waals surface area (Å²) in [6.07, 6.45) is 3.98. The molecule has 1 aromatic carbocycles. The Kier molecular flexibility index (Phi) is 2.22. The van der Waals surface area contributed by atoms with E-state index in [0.717, 1.165) is 11.3 Å². The standard InChI is InChI=1S/C15H14N2/c1-10-3-6-15-13(7-10)14(9-17-15)12-5-4-11(2)16-8-12/h3-9,17H,1-2H3. The largest absolute Gasteiger partial charge is 0.361 e. The van der Waals surface area contributed by atoms with E-state index in [2.05, 4.69) is 47.4 Å². The van der Waals surface area contributed by atoms with Gasteiger partial charge in [-0.05, 0) is 32.0 Å².